The van der Waals surface area contributed by atoms with Crippen molar-refractivity contribution in [3.63, 3.8) is 0 Å². The van der Waals surface area contributed by atoms with E-state index >= 15 is 0 Å². The van der Waals surface area contributed by atoms with Gasteiger partial charge in [-0.25, -0.2) is 0 Å². The molecule has 1 aliphatic rings. The van der Waals surface area contributed by atoms with Gasteiger partial charge < -0.3 is 19.2 Å². The standard InChI is InChI=1S/C26H30N2O4/c1-2-3-7-14-27-26(29)24-13-11-22(32-24)18-28(16-20-8-5-4-6-9-20)17-21-10-12-23-25(15-21)31-19-30-23/h4-6,8-13,15H,2-3,7,14,16-19H2,1H3,(H,27,29). The fraction of sp³-hybridized carbons (Fsp3) is 0.346. The van der Waals surface area contributed by atoms with Crippen LogP contribution in [0.1, 0.15) is 53.6 Å². The van der Waals surface area contributed by atoms with Gasteiger partial charge in [-0.2, -0.15) is 0 Å². The Balaban J connectivity index is 1.43. The van der Waals surface area contributed by atoms with Gasteiger partial charge >= 0.3 is 0 Å². The van der Waals surface area contributed by atoms with Crippen molar-refractivity contribution in [1.29, 1.82) is 0 Å². The second kappa shape index (κ2) is 10.9. The summed E-state index contributed by atoms with van der Waals surface area (Å²) in [6.45, 7) is 5.15. The minimum absolute atomic E-state index is 0.155. The molecule has 168 valence electrons. The van der Waals surface area contributed by atoms with Crippen molar-refractivity contribution < 1.29 is 18.7 Å². The number of hydrogen-bond acceptors (Lipinski definition) is 5. The third-order valence-corrected chi connectivity index (χ3v) is 5.42. The van der Waals surface area contributed by atoms with E-state index < -0.39 is 0 Å². The molecule has 1 aliphatic heterocycles. The molecule has 1 amide bonds. The van der Waals surface area contributed by atoms with Crippen molar-refractivity contribution >= 4 is 5.91 Å². The maximum absolute atomic E-state index is 12.4. The van der Waals surface area contributed by atoms with E-state index in [1.807, 2.05) is 36.4 Å². The van der Waals surface area contributed by atoms with E-state index in [-0.39, 0.29) is 12.7 Å². The molecule has 32 heavy (non-hydrogen) atoms. The minimum Gasteiger partial charge on any atom is -0.455 e. The maximum Gasteiger partial charge on any atom is 0.286 e. The molecule has 2 heterocycles. The smallest absolute Gasteiger partial charge is 0.286 e. The van der Waals surface area contributed by atoms with Gasteiger partial charge in [0.1, 0.15) is 5.76 Å². The lowest BCUT2D eigenvalue weighted by atomic mass is 10.1. The molecule has 0 unspecified atom stereocenters. The Labute approximate surface area is 189 Å². The number of amides is 1. The summed E-state index contributed by atoms with van der Waals surface area (Å²) in [5, 5.41) is 2.93. The number of furan rings is 1. The van der Waals surface area contributed by atoms with Gasteiger partial charge in [-0.1, -0.05) is 56.2 Å². The molecule has 0 aliphatic carbocycles. The molecular weight excluding hydrogens is 404 g/mol. The Morgan fingerprint density at radius 3 is 2.56 bits per heavy atom. The highest BCUT2D eigenvalue weighted by molar-refractivity contribution is 5.91. The summed E-state index contributed by atoms with van der Waals surface area (Å²) in [7, 11) is 0. The highest BCUT2D eigenvalue weighted by Gasteiger charge is 2.17. The summed E-state index contributed by atoms with van der Waals surface area (Å²) in [5.74, 6) is 2.53. The molecule has 1 aromatic heterocycles. The Kier molecular flexibility index (Phi) is 7.46. The molecule has 0 saturated heterocycles. The third-order valence-electron chi connectivity index (χ3n) is 5.42. The number of rotatable bonds is 11. The van der Waals surface area contributed by atoms with E-state index in [2.05, 4.69) is 35.3 Å². The van der Waals surface area contributed by atoms with Crippen LogP contribution in [-0.4, -0.2) is 24.1 Å². The van der Waals surface area contributed by atoms with Crippen molar-refractivity contribution in [3.05, 3.63) is 83.3 Å². The monoisotopic (exact) mass is 434 g/mol. The largest absolute Gasteiger partial charge is 0.455 e. The van der Waals surface area contributed by atoms with Gasteiger partial charge in [0, 0.05) is 19.6 Å². The van der Waals surface area contributed by atoms with Gasteiger partial charge in [-0.05, 0) is 41.8 Å². The zero-order valence-electron chi connectivity index (χ0n) is 18.5. The Morgan fingerprint density at radius 2 is 1.72 bits per heavy atom. The van der Waals surface area contributed by atoms with Crippen LogP contribution >= 0.6 is 0 Å². The zero-order valence-corrected chi connectivity index (χ0v) is 18.5. The number of ether oxygens (including phenoxy) is 2. The highest BCUT2D eigenvalue weighted by atomic mass is 16.7. The molecule has 3 aromatic rings. The number of carbonyl (C=O) groups is 1. The van der Waals surface area contributed by atoms with Crippen LogP contribution in [0.5, 0.6) is 11.5 Å². The Hall–Kier alpha value is -3.25. The lowest BCUT2D eigenvalue weighted by Gasteiger charge is -2.21. The van der Waals surface area contributed by atoms with Crippen molar-refractivity contribution in [2.45, 2.75) is 45.8 Å². The lowest BCUT2D eigenvalue weighted by Crippen LogP contribution is -2.24. The number of unbranched alkanes of at least 4 members (excludes halogenated alkanes) is 2. The predicted molar refractivity (Wildman–Crippen MR) is 123 cm³/mol. The van der Waals surface area contributed by atoms with E-state index in [1.165, 1.54) is 5.56 Å². The summed E-state index contributed by atoms with van der Waals surface area (Å²) < 4.78 is 16.8. The average Bonchev–Trinajstić information content (AvgIpc) is 3.46. The van der Waals surface area contributed by atoms with Crippen LogP contribution in [0.15, 0.2) is 65.1 Å². The fourth-order valence-corrected chi connectivity index (χ4v) is 3.78. The fourth-order valence-electron chi connectivity index (χ4n) is 3.78. The van der Waals surface area contributed by atoms with Crippen molar-refractivity contribution in [3.8, 4) is 11.5 Å². The summed E-state index contributed by atoms with van der Waals surface area (Å²) in [5.41, 5.74) is 2.35. The van der Waals surface area contributed by atoms with E-state index in [0.29, 0.717) is 25.4 Å². The van der Waals surface area contributed by atoms with Crippen LogP contribution in [0.4, 0.5) is 0 Å². The summed E-state index contributed by atoms with van der Waals surface area (Å²) in [6.07, 6.45) is 3.22. The Morgan fingerprint density at radius 1 is 0.906 bits per heavy atom. The number of carbonyl (C=O) groups excluding carboxylic acids is 1. The summed E-state index contributed by atoms with van der Waals surface area (Å²) in [6, 6.07) is 20.0. The summed E-state index contributed by atoms with van der Waals surface area (Å²) in [4.78, 5) is 14.6. The molecule has 0 bridgehead atoms. The molecule has 6 nitrogen and oxygen atoms in total. The number of fused-ring (bicyclic) bond motifs is 1. The minimum atomic E-state index is -0.155. The first kappa shape index (κ1) is 22.0. The molecule has 0 atom stereocenters. The van der Waals surface area contributed by atoms with Crippen LogP contribution < -0.4 is 14.8 Å². The van der Waals surface area contributed by atoms with Gasteiger partial charge in [0.05, 0.1) is 6.54 Å². The van der Waals surface area contributed by atoms with Crippen LogP contribution in [0.3, 0.4) is 0 Å². The first-order chi connectivity index (χ1) is 15.7. The van der Waals surface area contributed by atoms with E-state index in [9.17, 15) is 4.79 Å². The normalized spacial score (nSPS) is 12.3. The number of nitrogens with one attached hydrogen (secondary N) is 1. The number of benzene rings is 2. The molecule has 0 saturated carbocycles. The van der Waals surface area contributed by atoms with Crippen molar-refractivity contribution in [2.75, 3.05) is 13.3 Å². The lowest BCUT2D eigenvalue weighted by molar-refractivity contribution is 0.0920. The average molecular weight is 435 g/mol. The van der Waals surface area contributed by atoms with Crippen LogP contribution in [0.2, 0.25) is 0 Å². The van der Waals surface area contributed by atoms with E-state index in [1.54, 1.807) is 6.07 Å². The van der Waals surface area contributed by atoms with Gasteiger partial charge in [-0.15, -0.1) is 0 Å². The van der Waals surface area contributed by atoms with Crippen molar-refractivity contribution in [2.24, 2.45) is 0 Å². The Bertz CT molecular complexity index is 1020. The molecule has 6 heteroatoms. The quantitative estimate of drug-likeness (QED) is 0.424. The third kappa shape index (κ3) is 5.92. The molecule has 4 rings (SSSR count). The van der Waals surface area contributed by atoms with E-state index in [0.717, 1.165) is 48.6 Å². The molecule has 1 N–H and O–H groups in total. The maximum atomic E-state index is 12.4. The predicted octanol–water partition coefficient (Wildman–Crippen LogP) is 5.13. The van der Waals surface area contributed by atoms with E-state index in [4.69, 9.17) is 13.9 Å². The molecular formula is C26H30N2O4. The highest BCUT2D eigenvalue weighted by Crippen LogP contribution is 2.33. The molecule has 0 spiro atoms. The second-order valence-electron chi connectivity index (χ2n) is 8.05. The van der Waals surface area contributed by atoms with Gasteiger partial charge in [-0.3, -0.25) is 9.69 Å². The van der Waals surface area contributed by atoms with Crippen molar-refractivity contribution in [1.82, 2.24) is 10.2 Å². The van der Waals surface area contributed by atoms with Crippen LogP contribution in [0.25, 0.3) is 0 Å². The first-order valence-corrected chi connectivity index (χ1v) is 11.2. The number of hydrogen-bond donors (Lipinski definition) is 1. The van der Waals surface area contributed by atoms with Crippen LogP contribution in [0, 0.1) is 0 Å². The second-order valence-corrected chi connectivity index (χ2v) is 8.05. The first-order valence-electron chi connectivity index (χ1n) is 11.2. The molecule has 0 fully saturated rings. The van der Waals surface area contributed by atoms with Crippen LogP contribution in [-0.2, 0) is 19.6 Å². The zero-order chi connectivity index (χ0) is 22.2. The number of nitrogens with zero attached hydrogens (tertiary/aromatic N) is 1. The summed E-state index contributed by atoms with van der Waals surface area (Å²) >= 11 is 0. The van der Waals surface area contributed by atoms with Gasteiger partial charge in [0.2, 0.25) is 6.79 Å². The topological polar surface area (TPSA) is 63.9 Å². The van der Waals surface area contributed by atoms with Gasteiger partial charge in [0.25, 0.3) is 5.91 Å². The molecule has 0 radical (unpaired) electrons. The SMILES string of the molecule is CCCCCNC(=O)c1ccc(CN(Cc2ccccc2)Cc2ccc3c(c2)OCO3)o1. The van der Waals surface area contributed by atoms with Gasteiger partial charge in [0.15, 0.2) is 17.3 Å². The molecule has 2 aromatic carbocycles.